The number of carboxylic acids is 1. The van der Waals surface area contributed by atoms with Crippen molar-refractivity contribution in [2.45, 2.75) is 44.9 Å². The Labute approximate surface area is 243 Å². The number of nitrogens with zero attached hydrogens (tertiary/aromatic N) is 5. The second-order valence-electron chi connectivity index (χ2n) is 11.0. The van der Waals surface area contributed by atoms with Crippen LogP contribution in [0.3, 0.4) is 0 Å². The summed E-state index contributed by atoms with van der Waals surface area (Å²) >= 11 is 0. The largest absolute Gasteiger partial charge is 0.478 e. The highest BCUT2D eigenvalue weighted by Crippen LogP contribution is 2.30. The number of pyridine rings is 1. The molecular formula is C32H32FN5O4. The minimum absolute atomic E-state index is 0.0361. The summed E-state index contributed by atoms with van der Waals surface area (Å²) in [5, 5.41) is 18.5. The van der Waals surface area contributed by atoms with E-state index in [1.54, 1.807) is 36.4 Å². The lowest BCUT2D eigenvalue weighted by molar-refractivity contribution is 0.0697. The van der Waals surface area contributed by atoms with Crippen LogP contribution in [0.15, 0.2) is 54.6 Å². The lowest BCUT2D eigenvalue weighted by Crippen LogP contribution is -2.33. The standard InChI is InChI=1S/C32H32FN5O4/c33-26-14-21(16-34)4-5-25(26)20-42-31-3-1-2-27(36-31)23-8-11-37(12-9-23)18-30-35-28-7-6-24(32(39)40)15-29(28)38(30)17-22-10-13-41-19-22/h1-7,14-15,22-23H,8-13,17-20H2,(H,39,40). The third-order valence-corrected chi connectivity index (χ3v) is 8.21. The smallest absolute Gasteiger partial charge is 0.335 e. The number of halogens is 1. The molecule has 4 heterocycles. The van der Waals surface area contributed by atoms with E-state index in [1.165, 1.54) is 6.07 Å². The molecule has 0 spiro atoms. The molecule has 1 atom stereocenters. The number of aromatic carboxylic acids is 1. The first-order valence-electron chi connectivity index (χ1n) is 14.3. The van der Waals surface area contributed by atoms with Gasteiger partial charge in [0.15, 0.2) is 0 Å². The lowest BCUT2D eigenvalue weighted by atomic mass is 9.93. The molecule has 10 heteroatoms. The molecule has 216 valence electrons. The molecule has 2 aromatic carbocycles. The number of carboxylic acid groups (broad SMARTS) is 1. The molecule has 0 saturated carbocycles. The van der Waals surface area contributed by atoms with Crippen LogP contribution in [-0.4, -0.2) is 56.8 Å². The number of ether oxygens (including phenoxy) is 2. The van der Waals surface area contributed by atoms with Crippen LogP contribution in [0.2, 0.25) is 0 Å². The SMILES string of the molecule is N#Cc1ccc(COc2cccc(C3CCN(Cc4nc5ccc(C(=O)O)cc5n4CC4CCOC4)CC3)n2)c(F)c1. The number of aromatic nitrogens is 3. The fraction of sp³-hybridized carbons (Fsp3) is 0.375. The average Bonchev–Trinajstić information content (AvgIpc) is 3.65. The Balaban J connectivity index is 1.11. The highest BCUT2D eigenvalue weighted by atomic mass is 19.1. The van der Waals surface area contributed by atoms with Gasteiger partial charge in [0, 0.05) is 42.3 Å². The Morgan fingerprint density at radius 3 is 2.71 bits per heavy atom. The zero-order valence-corrected chi connectivity index (χ0v) is 23.2. The molecule has 2 aliphatic heterocycles. The van der Waals surface area contributed by atoms with Crippen LogP contribution in [0.25, 0.3) is 11.0 Å². The van der Waals surface area contributed by atoms with Crippen molar-refractivity contribution in [3.63, 3.8) is 0 Å². The molecule has 42 heavy (non-hydrogen) atoms. The molecule has 0 radical (unpaired) electrons. The van der Waals surface area contributed by atoms with Gasteiger partial charge in [-0.25, -0.2) is 19.2 Å². The van der Waals surface area contributed by atoms with Crippen LogP contribution in [-0.2, 0) is 24.4 Å². The fourth-order valence-electron chi connectivity index (χ4n) is 5.83. The van der Waals surface area contributed by atoms with Gasteiger partial charge >= 0.3 is 5.97 Å². The summed E-state index contributed by atoms with van der Waals surface area (Å²) in [4.78, 5) is 23.7. The number of carbonyl (C=O) groups is 1. The summed E-state index contributed by atoms with van der Waals surface area (Å²) in [6.07, 6.45) is 2.85. The number of fused-ring (bicyclic) bond motifs is 1. The summed E-state index contributed by atoms with van der Waals surface area (Å²) in [7, 11) is 0. The zero-order valence-electron chi connectivity index (χ0n) is 23.2. The van der Waals surface area contributed by atoms with Crippen molar-refractivity contribution in [3.05, 3.63) is 88.6 Å². The number of benzene rings is 2. The van der Waals surface area contributed by atoms with Crippen LogP contribution in [0.4, 0.5) is 4.39 Å². The van der Waals surface area contributed by atoms with Gasteiger partial charge < -0.3 is 19.1 Å². The van der Waals surface area contributed by atoms with Crippen molar-refractivity contribution in [2.24, 2.45) is 5.92 Å². The molecule has 0 bridgehead atoms. The average molecular weight is 570 g/mol. The highest BCUT2D eigenvalue weighted by Gasteiger charge is 2.25. The van der Waals surface area contributed by atoms with Gasteiger partial charge in [0.25, 0.3) is 0 Å². The number of piperidine rings is 1. The van der Waals surface area contributed by atoms with E-state index in [2.05, 4.69) is 9.47 Å². The van der Waals surface area contributed by atoms with Crippen LogP contribution < -0.4 is 4.74 Å². The van der Waals surface area contributed by atoms with Crippen LogP contribution in [0.1, 0.15) is 58.2 Å². The van der Waals surface area contributed by atoms with Crippen molar-refractivity contribution in [2.75, 3.05) is 26.3 Å². The minimum Gasteiger partial charge on any atom is -0.478 e. The predicted octanol–water partition coefficient (Wildman–Crippen LogP) is 5.14. The van der Waals surface area contributed by atoms with Crippen molar-refractivity contribution in [1.82, 2.24) is 19.4 Å². The summed E-state index contributed by atoms with van der Waals surface area (Å²) in [6, 6.07) is 17.1. The Morgan fingerprint density at radius 1 is 1.12 bits per heavy atom. The molecule has 2 fully saturated rings. The van der Waals surface area contributed by atoms with E-state index in [4.69, 9.17) is 24.7 Å². The van der Waals surface area contributed by atoms with Crippen molar-refractivity contribution < 1.29 is 23.8 Å². The second-order valence-corrected chi connectivity index (χ2v) is 11.0. The zero-order chi connectivity index (χ0) is 29.1. The quantitative estimate of drug-likeness (QED) is 0.295. The molecule has 0 aliphatic carbocycles. The van der Waals surface area contributed by atoms with Gasteiger partial charge in [-0.3, -0.25) is 4.90 Å². The summed E-state index contributed by atoms with van der Waals surface area (Å²) < 4.78 is 27.8. The third-order valence-electron chi connectivity index (χ3n) is 8.21. The van der Waals surface area contributed by atoms with Gasteiger partial charge in [-0.05, 0) is 68.8 Å². The van der Waals surface area contributed by atoms with Gasteiger partial charge in [0.2, 0.25) is 5.88 Å². The maximum absolute atomic E-state index is 14.2. The normalized spacial score (nSPS) is 17.9. The summed E-state index contributed by atoms with van der Waals surface area (Å²) in [5.41, 5.74) is 3.54. The first-order chi connectivity index (χ1) is 20.5. The van der Waals surface area contributed by atoms with Crippen LogP contribution in [0.5, 0.6) is 5.88 Å². The minimum atomic E-state index is -0.943. The molecule has 0 amide bonds. The van der Waals surface area contributed by atoms with Crippen LogP contribution in [0, 0.1) is 23.1 Å². The van der Waals surface area contributed by atoms with Gasteiger partial charge in [0.1, 0.15) is 18.2 Å². The Kier molecular flexibility index (Phi) is 8.13. The van der Waals surface area contributed by atoms with Crippen molar-refractivity contribution >= 4 is 17.0 Å². The number of imidazole rings is 1. The Hall–Kier alpha value is -4.33. The fourth-order valence-corrected chi connectivity index (χ4v) is 5.83. The molecule has 2 aromatic heterocycles. The predicted molar refractivity (Wildman–Crippen MR) is 153 cm³/mol. The maximum atomic E-state index is 14.2. The molecule has 4 aromatic rings. The molecule has 2 saturated heterocycles. The van der Waals surface area contributed by atoms with Crippen molar-refractivity contribution in [1.29, 1.82) is 5.26 Å². The van der Waals surface area contributed by atoms with E-state index >= 15 is 0 Å². The number of likely N-dealkylation sites (tertiary alicyclic amines) is 1. The van der Waals surface area contributed by atoms with E-state index in [-0.39, 0.29) is 23.7 Å². The van der Waals surface area contributed by atoms with E-state index in [9.17, 15) is 14.3 Å². The monoisotopic (exact) mass is 569 g/mol. The van der Waals surface area contributed by atoms with Crippen molar-refractivity contribution in [3.8, 4) is 11.9 Å². The Bertz CT molecular complexity index is 1630. The van der Waals surface area contributed by atoms with E-state index < -0.39 is 11.8 Å². The molecule has 2 aliphatic rings. The first kappa shape index (κ1) is 27.8. The first-order valence-corrected chi connectivity index (χ1v) is 14.3. The molecule has 1 N–H and O–H groups in total. The van der Waals surface area contributed by atoms with Crippen LogP contribution >= 0.6 is 0 Å². The number of hydrogen-bond acceptors (Lipinski definition) is 7. The number of nitriles is 1. The maximum Gasteiger partial charge on any atom is 0.335 e. The lowest BCUT2D eigenvalue weighted by Gasteiger charge is -2.31. The van der Waals surface area contributed by atoms with Gasteiger partial charge in [-0.15, -0.1) is 0 Å². The molecule has 9 nitrogen and oxygen atoms in total. The van der Waals surface area contributed by atoms with E-state index in [1.807, 2.05) is 18.2 Å². The number of hydrogen-bond donors (Lipinski definition) is 1. The third kappa shape index (κ3) is 6.12. The number of rotatable bonds is 9. The topological polar surface area (TPSA) is 114 Å². The molecule has 1 unspecified atom stereocenters. The van der Waals surface area contributed by atoms with Gasteiger partial charge in [-0.2, -0.15) is 5.26 Å². The summed E-state index contributed by atoms with van der Waals surface area (Å²) in [5.74, 6) is 0.649. The molecule has 6 rings (SSSR count). The Morgan fingerprint density at radius 2 is 1.98 bits per heavy atom. The highest BCUT2D eigenvalue weighted by molar-refractivity contribution is 5.92. The van der Waals surface area contributed by atoms with E-state index in [0.717, 1.165) is 68.1 Å². The van der Waals surface area contributed by atoms with E-state index in [0.29, 0.717) is 30.5 Å². The van der Waals surface area contributed by atoms with Gasteiger partial charge in [0.05, 0.1) is 41.4 Å². The summed E-state index contributed by atoms with van der Waals surface area (Å²) in [6.45, 7) is 4.70. The second kappa shape index (κ2) is 12.3. The van der Waals surface area contributed by atoms with Gasteiger partial charge in [-0.1, -0.05) is 12.1 Å². The molecular weight excluding hydrogens is 537 g/mol.